The van der Waals surface area contributed by atoms with E-state index in [1.807, 2.05) is 18.7 Å². The quantitative estimate of drug-likeness (QED) is 0.447. The summed E-state index contributed by atoms with van der Waals surface area (Å²) in [6, 6.07) is 6.50. The van der Waals surface area contributed by atoms with E-state index in [4.69, 9.17) is 0 Å². The maximum absolute atomic E-state index is 11.3. The lowest BCUT2D eigenvalue weighted by Gasteiger charge is -2.25. The number of esters is 1. The molecule has 0 amide bonds. The van der Waals surface area contributed by atoms with Crippen LogP contribution in [0.4, 0.5) is 5.69 Å². The van der Waals surface area contributed by atoms with Crippen LogP contribution in [0.2, 0.25) is 0 Å². The molecule has 0 saturated heterocycles. The highest BCUT2D eigenvalue weighted by molar-refractivity contribution is 5.71. The van der Waals surface area contributed by atoms with E-state index in [0.29, 0.717) is 6.54 Å². The normalized spacial score (nSPS) is 10.8. The van der Waals surface area contributed by atoms with Gasteiger partial charge in [-0.25, -0.2) is 0 Å². The lowest BCUT2D eigenvalue weighted by Crippen LogP contribution is -2.35. The molecule has 1 aromatic rings. The molecule has 0 fully saturated rings. The first kappa shape index (κ1) is 15.1. The summed E-state index contributed by atoms with van der Waals surface area (Å²) < 4.78 is 4.65. The predicted molar refractivity (Wildman–Crippen MR) is 70.7 cm³/mol. The Labute approximate surface area is 112 Å². The van der Waals surface area contributed by atoms with Crippen molar-refractivity contribution in [1.82, 2.24) is 4.90 Å². The van der Waals surface area contributed by atoms with Crippen molar-refractivity contribution in [3.8, 4) is 0 Å². The summed E-state index contributed by atoms with van der Waals surface area (Å²) in [5.41, 5.74) is 0.982. The second-order valence-electron chi connectivity index (χ2n) is 4.50. The lowest BCUT2D eigenvalue weighted by molar-refractivity contribution is -0.384. The molecule has 1 aromatic carbocycles. The molecule has 19 heavy (non-hydrogen) atoms. The highest BCUT2D eigenvalue weighted by Gasteiger charge is 2.15. The Morgan fingerprint density at radius 1 is 1.37 bits per heavy atom. The number of benzene rings is 1. The van der Waals surface area contributed by atoms with E-state index >= 15 is 0 Å². The van der Waals surface area contributed by atoms with Gasteiger partial charge in [-0.2, -0.15) is 0 Å². The zero-order valence-electron chi connectivity index (χ0n) is 11.3. The SMILES string of the molecule is COC(=O)CN(Cc1ccc([N+](=O)[O-])cc1)C(C)C. The molecule has 104 valence electrons. The van der Waals surface area contributed by atoms with Crippen LogP contribution in [0.25, 0.3) is 0 Å². The minimum absolute atomic E-state index is 0.0628. The second-order valence-corrected chi connectivity index (χ2v) is 4.50. The molecule has 0 bridgehead atoms. The van der Waals surface area contributed by atoms with Crippen LogP contribution in [0.15, 0.2) is 24.3 Å². The Balaban J connectivity index is 2.73. The number of non-ortho nitro benzene ring substituents is 1. The summed E-state index contributed by atoms with van der Waals surface area (Å²) in [6.45, 7) is 4.71. The second kappa shape index (κ2) is 6.84. The molecule has 0 atom stereocenters. The van der Waals surface area contributed by atoms with Crippen molar-refractivity contribution < 1.29 is 14.5 Å². The van der Waals surface area contributed by atoms with Gasteiger partial charge in [0.15, 0.2) is 0 Å². The van der Waals surface area contributed by atoms with Crippen LogP contribution in [0, 0.1) is 10.1 Å². The van der Waals surface area contributed by atoms with Crippen molar-refractivity contribution in [2.24, 2.45) is 0 Å². The third-order valence-electron chi connectivity index (χ3n) is 2.82. The van der Waals surface area contributed by atoms with E-state index in [-0.39, 0.29) is 24.2 Å². The molecule has 0 unspecified atom stereocenters. The molecule has 0 heterocycles. The van der Waals surface area contributed by atoms with Gasteiger partial charge in [0, 0.05) is 24.7 Å². The van der Waals surface area contributed by atoms with Crippen LogP contribution >= 0.6 is 0 Å². The summed E-state index contributed by atoms with van der Waals surface area (Å²) in [5, 5.41) is 10.6. The first-order valence-corrected chi connectivity index (χ1v) is 5.98. The Bertz CT molecular complexity index is 442. The van der Waals surface area contributed by atoms with Crippen LogP contribution in [-0.2, 0) is 16.1 Å². The van der Waals surface area contributed by atoms with E-state index in [9.17, 15) is 14.9 Å². The standard InChI is InChI=1S/C13H18N2O4/c1-10(2)14(9-13(16)19-3)8-11-4-6-12(7-5-11)15(17)18/h4-7,10H,8-9H2,1-3H3. The minimum atomic E-state index is -0.432. The van der Waals surface area contributed by atoms with Gasteiger partial charge in [0.2, 0.25) is 0 Å². The monoisotopic (exact) mass is 266 g/mol. The Hall–Kier alpha value is -1.95. The molecular weight excluding hydrogens is 248 g/mol. The highest BCUT2D eigenvalue weighted by atomic mass is 16.6. The summed E-state index contributed by atoms with van der Waals surface area (Å²) in [7, 11) is 1.35. The first-order valence-electron chi connectivity index (χ1n) is 5.98. The minimum Gasteiger partial charge on any atom is -0.468 e. The maximum Gasteiger partial charge on any atom is 0.319 e. The molecular formula is C13H18N2O4. The summed E-state index contributed by atoms with van der Waals surface area (Å²) in [4.78, 5) is 23.4. The fraction of sp³-hybridized carbons (Fsp3) is 0.462. The Morgan fingerprint density at radius 2 is 1.95 bits per heavy atom. The fourth-order valence-corrected chi connectivity index (χ4v) is 1.61. The summed E-state index contributed by atoms with van der Waals surface area (Å²) in [6.07, 6.45) is 0. The molecule has 0 N–H and O–H groups in total. The largest absolute Gasteiger partial charge is 0.468 e. The van der Waals surface area contributed by atoms with Gasteiger partial charge in [-0.15, -0.1) is 0 Å². The van der Waals surface area contributed by atoms with Crippen LogP contribution in [-0.4, -0.2) is 35.5 Å². The van der Waals surface area contributed by atoms with Gasteiger partial charge in [0.05, 0.1) is 18.6 Å². The first-order chi connectivity index (χ1) is 8.93. The van der Waals surface area contributed by atoms with Gasteiger partial charge in [-0.3, -0.25) is 19.8 Å². The van der Waals surface area contributed by atoms with E-state index in [1.54, 1.807) is 12.1 Å². The van der Waals surface area contributed by atoms with Crippen LogP contribution in [0.3, 0.4) is 0 Å². The number of rotatable bonds is 6. The Kier molecular flexibility index (Phi) is 5.44. The third-order valence-corrected chi connectivity index (χ3v) is 2.82. The molecule has 0 aliphatic carbocycles. The topological polar surface area (TPSA) is 72.7 Å². The van der Waals surface area contributed by atoms with Crippen LogP contribution in [0.5, 0.6) is 0 Å². The number of methoxy groups -OCH3 is 1. The van der Waals surface area contributed by atoms with Crippen molar-refractivity contribution in [1.29, 1.82) is 0 Å². The maximum atomic E-state index is 11.3. The van der Waals surface area contributed by atoms with Gasteiger partial charge in [-0.05, 0) is 19.4 Å². The summed E-state index contributed by atoms with van der Waals surface area (Å²) in [5.74, 6) is -0.296. The molecule has 0 radical (unpaired) electrons. The Morgan fingerprint density at radius 3 is 2.37 bits per heavy atom. The van der Waals surface area contributed by atoms with Crippen LogP contribution < -0.4 is 0 Å². The smallest absolute Gasteiger partial charge is 0.319 e. The average molecular weight is 266 g/mol. The molecule has 0 aromatic heterocycles. The van der Waals surface area contributed by atoms with Gasteiger partial charge in [0.25, 0.3) is 5.69 Å². The van der Waals surface area contributed by atoms with Gasteiger partial charge in [0.1, 0.15) is 0 Å². The highest BCUT2D eigenvalue weighted by Crippen LogP contribution is 2.14. The number of nitro benzene ring substituents is 1. The van der Waals surface area contributed by atoms with E-state index in [1.165, 1.54) is 19.2 Å². The van der Waals surface area contributed by atoms with Crippen LogP contribution in [0.1, 0.15) is 19.4 Å². The number of hydrogen-bond acceptors (Lipinski definition) is 5. The number of nitro groups is 1. The molecule has 6 heteroatoms. The molecule has 0 saturated carbocycles. The van der Waals surface area contributed by atoms with E-state index in [0.717, 1.165) is 5.56 Å². The molecule has 0 aliphatic heterocycles. The zero-order valence-corrected chi connectivity index (χ0v) is 11.3. The average Bonchev–Trinajstić information content (AvgIpc) is 2.38. The van der Waals surface area contributed by atoms with E-state index < -0.39 is 4.92 Å². The number of carbonyl (C=O) groups excluding carboxylic acids is 1. The number of ether oxygens (including phenoxy) is 1. The summed E-state index contributed by atoms with van der Waals surface area (Å²) >= 11 is 0. The van der Waals surface area contributed by atoms with Crippen molar-refractivity contribution in [2.45, 2.75) is 26.4 Å². The number of nitrogens with zero attached hydrogens (tertiary/aromatic N) is 2. The van der Waals surface area contributed by atoms with Crippen molar-refractivity contribution in [3.63, 3.8) is 0 Å². The van der Waals surface area contributed by atoms with Gasteiger partial charge in [-0.1, -0.05) is 12.1 Å². The molecule has 1 rings (SSSR count). The van der Waals surface area contributed by atoms with Crippen molar-refractivity contribution in [2.75, 3.05) is 13.7 Å². The molecule has 0 spiro atoms. The van der Waals surface area contributed by atoms with Gasteiger partial charge < -0.3 is 4.74 Å². The third kappa shape index (κ3) is 4.67. The van der Waals surface area contributed by atoms with Crippen molar-refractivity contribution in [3.05, 3.63) is 39.9 Å². The predicted octanol–water partition coefficient (Wildman–Crippen LogP) is 1.98. The fourth-order valence-electron chi connectivity index (χ4n) is 1.61. The number of carbonyl (C=O) groups is 1. The van der Waals surface area contributed by atoms with Crippen molar-refractivity contribution >= 4 is 11.7 Å². The van der Waals surface area contributed by atoms with Gasteiger partial charge >= 0.3 is 5.97 Å². The lowest BCUT2D eigenvalue weighted by atomic mass is 10.1. The molecule has 6 nitrogen and oxygen atoms in total. The zero-order chi connectivity index (χ0) is 14.4. The molecule has 0 aliphatic rings. The van der Waals surface area contributed by atoms with E-state index in [2.05, 4.69) is 4.74 Å². The number of hydrogen-bond donors (Lipinski definition) is 0.